The summed E-state index contributed by atoms with van der Waals surface area (Å²) in [6.07, 6.45) is 0. The Kier molecular flexibility index (Phi) is 2.92. The van der Waals surface area contributed by atoms with Crippen LogP contribution in [0, 0.1) is 6.92 Å². The van der Waals surface area contributed by atoms with E-state index in [9.17, 15) is 0 Å². The van der Waals surface area contributed by atoms with Gasteiger partial charge in [-0.3, -0.25) is 0 Å². The van der Waals surface area contributed by atoms with Gasteiger partial charge in [0.05, 0.1) is 23.2 Å². The van der Waals surface area contributed by atoms with Crippen LogP contribution in [0.4, 0.5) is 0 Å². The Morgan fingerprint density at radius 2 is 2.45 bits per heavy atom. The molecular formula is C6H11N3OS. The Morgan fingerprint density at radius 1 is 1.73 bits per heavy atom. The number of rotatable bonds is 3. The first-order valence-corrected chi connectivity index (χ1v) is 4.06. The lowest BCUT2D eigenvalue weighted by Gasteiger charge is -2.06. The molecule has 0 bridgehead atoms. The summed E-state index contributed by atoms with van der Waals surface area (Å²) in [5, 5.41) is 3.85. The molecule has 0 spiro atoms. The maximum Gasteiger partial charge on any atom is 0.0773 e. The van der Waals surface area contributed by atoms with E-state index in [-0.39, 0.29) is 6.04 Å². The van der Waals surface area contributed by atoms with Crippen molar-refractivity contribution in [3.63, 3.8) is 0 Å². The number of nitrogens with zero attached hydrogens (tertiary/aromatic N) is 2. The smallest absolute Gasteiger partial charge is 0.0773 e. The van der Waals surface area contributed by atoms with Crippen LogP contribution in [-0.2, 0) is 4.74 Å². The lowest BCUT2D eigenvalue weighted by molar-refractivity contribution is 0.181. The van der Waals surface area contributed by atoms with Gasteiger partial charge in [-0.25, -0.2) is 0 Å². The highest BCUT2D eigenvalue weighted by Gasteiger charge is 2.11. The van der Waals surface area contributed by atoms with Gasteiger partial charge < -0.3 is 10.5 Å². The number of hydrogen-bond acceptors (Lipinski definition) is 5. The monoisotopic (exact) mass is 173 g/mol. The largest absolute Gasteiger partial charge is 0.383 e. The van der Waals surface area contributed by atoms with Crippen LogP contribution >= 0.6 is 11.5 Å². The number of hydrogen-bond donors (Lipinski definition) is 1. The minimum Gasteiger partial charge on any atom is -0.383 e. The van der Waals surface area contributed by atoms with E-state index in [1.165, 1.54) is 11.5 Å². The average Bonchev–Trinajstić information content (AvgIpc) is 2.36. The van der Waals surface area contributed by atoms with Gasteiger partial charge in [-0.15, -0.1) is 5.10 Å². The molecule has 1 rings (SSSR count). The molecule has 0 fully saturated rings. The molecular weight excluding hydrogens is 162 g/mol. The predicted molar refractivity (Wildman–Crippen MR) is 43.5 cm³/mol. The van der Waals surface area contributed by atoms with E-state index < -0.39 is 0 Å². The second-order valence-electron chi connectivity index (χ2n) is 2.28. The van der Waals surface area contributed by atoms with Crippen molar-refractivity contribution in [3.8, 4) is 0 Å². The van der Waals surface area contributed by atoms with Crippen LogP contribution in [0.25, 0.3) is 0 Å². The number of nitrogens with two attached hydrogens (primary N) is 1. The summed E-state index contributed by atoms with van der Waals surface area (Å²) in [4.78, 5) is 1.01. The number of ether oxygens (including phenoxy) is 1. The summed E-state index contributed by atoms with van der Waals surface area (Å²) in [7, 11) is 1.63. The first-order chi connectivity index (χ1) is 5.25. The maximum absolute atomic E-state index is 5.76. The van der Waals surface area contributed by atoms with E-state index in [2.05, 4.69) is 9.59 Å². The molecule has 1 unspecified atom stereocenters. The highest BCUT2D eigenvalue weighted by atomic mass is 32.1. The zero-order valence-electron chi connectivity index (χ0n) is 6.57. The van der Waals surface area contributed by atoms with E-state index in [0.717, 1.165) is 10.6 Å². The van der Waals surface area contributed by atoms with Crippen molar-refractivity contribution < 1.29 is 4.74 Å². The summed E-state index contributed by atoms with van der Waals surface area (Å²) in [5.74, 6) is 0. The molecule has 1 aromatic heterocycles. The summed E-state index contributed by atoms with van der Waals surface area (Å²) in [6.45, 7) is 2.42. The Morgan fingerprint density at radius 3 is 2.91 bits per heavy atom. The molecule has 1 aromatic rings. The molecule has 0 saturated carbocycles. The Balaban J connectivity index is 2.67. The summed E-state index contributed by atoms with van der Waals surface area (Å²) in [5.41, 5.74) is 6.66. The van der Waals surface area contributed by atoms with E-state index in [1.54, 1.807) is 7.11 Å². The van der Waals surface area contributed by atoms with Crippen molar-refractivity contribution in [2.75, 3.05) is 13.7 Å². The predicted octanol–water partition coefficient (Wildman–Crippen LogP) is 0.493. The molecule has 4 nitrogen and oxygen atoms in total. The van der Waals surface area contributed by atoms with Crippen LogP contribution < -0.4 is 5.73 Å². The van der Waals surface area contributed by atoms with Gasteiger partial charge in [0, 0.05) is 7.11 Å². The lowest BCUT2D eigenvalue weighted by Crippen LogP contribution is -2.15. The first-order valence-electron chi connectivity index (χ1n) is 3.29. The van der Waals surface area contributed by atoms with Gasteiger partial charge in [0.2, 0.25) is 0 Å². The zero-order valence-corrected chi connectivity index (χ0v) is 7.39. The van der Waals surface area contributed by atoms with Crippen LogP contribution in [0.3, 0.4) is 0 Å². The highest BCUT2D eigenvalue weighted by Crippen LogP contribution is 2.16. The minimum absolute atomic E-state index is 0.0833. The van der Waals surface area contributed by atoms with Crippen LogP contribution in [0.15, 0.2) is 0 Å². The fraction of sp³-hybridized carbons (Fsp3) is 0.667. The summed E-state index contributed by atoms with van der Waals surface area (Å²) >= 11 is 1.33. The molecule has 5 heteroatoms. The van der Waals surface area contributed by atoms with Crippen molar-refractivity contribution in [2.24, 2.45) is 5.73 Å². The normalized spacial score (nSPS) is 13.4. The van der Waals surface area contributed by atoms with Gasteiger partial charge in [0.25, 0.3) is 0 Å². The van der Waals surface area contributed by atoms with Crippen molar-refractivity contribution >= 4 is 11.5 Å². The van der Waals surface area contributed by atoms with Crippen molar-refractivity contribution in [1.29, 1.82) is 0 Å². The summed E-state index contributed by atoms with van der Waals surface area (Å²) in [6, 6.07) is -0.0833. The molecule has 0 radical (unpaired) electrons. The molecule has 0 aliphatic carbocycles. The van der Waals surface area contributed by atoms with Crippen molar-refractivity contribution in [1.82, 2.24) is 9.59 Å². The molecule has 0 saturated heterocycles. The van der Waals surface area contributed by atoms with E-state index >= 15 is 0 Å². The number of aromatic nitrogens is 2. The molecule has 1 heterocycles. The van der Waals surface area contributed by atoms with Gasteiger partial charge in [0.1, 0.15) is 0 Å². The quantitative estimate of drug-likeness (QED) is 0.722. The molecule has 1 atom stereocenters. The maximum atomic E-state index is 5.76. The minimum atomic E-state index is -0.0833. The van der Waals surface area contributed by atoms with Gasteiger partial charge in [-0.05, 0) is 18.5 Å². The molecule has 62 valence electrons. The second kappa shape index (κ2) is 3.75. The van der Waals surface area contributed by atoms with Crippen LogP contribution in [0.5, 0.6) is 0 Å². The fourth-order valence-electron chi connectivity index (χ4n) is 0.832. The number of aryl methyl sites for hydroxylation is 1. The van der Waals surface area contributed by atoms with Crippen LogP contribution in [0.1, 0.15) is 16.6 Å². The van der Waals surface area contributed by atoms with E-state index in [4.69, 9.17) is 10.5 Å². The third kappa shape index (κ3) is 1.95. The third-order valence-corrected chi connectivity index (χ3v) is 2.33. The molecule has 0 amide bonds. The standard InChI is InChI=1S/C6H11N3OS/c1-4-6(11-9-8-4)5(7)3-10-2/h5H,3,7H2,1-2H3. The average molecular weight is 173 g/mol. The van der Waals surface area contributed by atoms with Crippen LogP contribution in [0.2, 0.25) is 0 Å². The third-order valence-electron chi connectivity index (χ3n) is 1.37. The Labute approximate surface area is 69.5 Å². The zero-order chi connectivity index (χ0) is 8.27. The Bertz CT molecular complexity index is 225. The van der Waals surface area contributed by atoms with E-state index in [0.29, 0.717) is 6.61 Å². The number of methoxy groups -OCH3 is 1. The van der Waals surface area contributed by atoms with Crippen molar-refractivity contribution in [2.45, 2.75) is 13.0 Å². The van der Waals surface area contributed by atoms with Gasteiger partial charge in [-0.1, -0.05) is 4.49 Å². The first kappa shape index (κ1) is 8.58. The fourth-order valence-corrected chi connectivity index (χ4v) is 1.46. The highest BCUT2D eigenvalue weighted by molar-refractivity contribution is 7.05. The van der Waals surface area contributed by atoms with E-state index in [1.807, 2.05) is 6.92 Å². The second-order valence-corrected chi connectivity index (χ2v) is 3.07. The Hall–Kier alpha value is -0.520. The lowest BCUT2D eigenvalue weighted by atomic mass is 10.2. The van der Waals surface area contributed by atoms with Gasteiger partial charge in [0.15, 0.2) is 0 Å². The van der Waals surface area contributed by atoms with Gasteiger partial charge >= 0.3 is 0 Å². The van der Waals surface area contributed by atoms with Gasteiger partial charge in [-0.2, -0.15) is 0 Å². The molecule has 0 aliphatic heterocycles. The SMILES string of the molecule is COCC(N)c1snnc1C. The molecule has 2 N–H and O–H groups in total. The molecule has 11 heavy (non-hydrogen) atoms. The molecule has 0 aliphatic rings. The topological polar surface area (TPSA) is 61.0 Å². The van der Waals surface area contributed by atoms with Crippen molar-refractivity contribution in [3.05, 3.63) is 10.6 Å². The summed E-state index contributed by atoms with van der Waals surface area (Å²) < 4.78 is 8.69. The van der Waals surface area contributed by atoms with Crippen LogP contribution in [-0.4, -0.2) is 23.3 Å². The molecule has 0 aromatic carbocycles.